The molecule has 1 amide bonds. The summed E-state index contributed by atoms with van der Waals surface area (Å²) in [6.07, 6.45) is 0. The van der Waals surface area contributed by atoms with Crippen molar-refractivity contribution in [3.63, 3.8) is 0 Å². The Morgan fingerprint density at radius 1 is 1.27 bits per heavy atom. The van der Waals surface area contributed by atoms with Crippen molar-refractivity contribution in [1.29, 1.82) is 0 Å². The summed E-state index contributed by atoms with van der Waals surface area (Å²) in [5.41, 5.74) is -0.521. The highest BCUT2D eigenvalue weighted by molar-refractivity contribution is 5.86. The normalized spacial score (nSPS) is 12.3. The zero-order valence-corrected chi connectivity index (χ0v) is 10.8. The Bertz CT molecular complexity index is 200. The zero-order valence-electron chi connectivity index (χ0n) is 10.8. The average Bonchev–Trinajstić information content (AvgIpc) is 2.01. The maximum atomic E-state index is 11.7. The Kier molecular flexibility index (Phi) is 5.83. The van der Waals surface area contributed by atoms with Gasteiger partial charge in [0.15, 0.2) is 0 Å². The number of likely N-dealkylation sites (N-methyl/N-ethyl adjacent to an activating group) is 1. The molecule has 2 N–H and O–H groups in total. The summed E-state index contributed by atoms with van der Waals surface area (Å²) in [4.78, 5) is 13.8. The van der Waals surface area contributed by atoms with Crippen LogP contribution in [0, 0.1) is 6.04 Å². The van der Waals surface area contributed by atoms with Gasteiger partial charge in [-0.3, -0.25) is 4.79 Å². The summed E-state index contributed by atoms with van der Waals surface area (Å²) >= 11 is 0. The van der Waals surface area contributed by atoms with Gasteiger partial charge in [-0.1, -0.05) is 0 Å². The highest BCUT2D eigenvalue weighted by Crippen LogP contribution is 2.03. The maximum Gasteiger partial charge on any atom is 0.240 e. The fourth-order valence-electron chi connectivity index (χ4n) is 1.06. The van der Waals surface area contributed by atoms with Gasteiger partial charge in [-0.05, 0) is 41.8 Å². The minimum absolute atomic E-state index is 0.0151. The Balaban J connectivity index is 3.99. The molecule has 0 rings (SSSR count). The van der Waals surface area contributed by atoms with Crippen molar-refractivity contribution in [2.24, 2.45) is 0 Å². The van der Waals surface area contributed by atoms with Crippen LogP contribution in [0.1, 0.15) is 27.7 Å². The zero-order chi connectivity index (χ0) is 12.1. The van der Waals surface area contributed by atoms with Crippen molar-refractivity contribution in [3.8, 4) is 0 Å². The number of nitrogens with one attached hydrogen (secondary N) is 2. The van der Waals surface area contributed by atoms with Crippen molar-refractivity contribution in [2.75, 3.05) is 27.2 Å². The third-order valence-corrected chi connectivity index (χ3v) is 2.06. The van der Waals surface area contributed by atoms with Gasteiger partial charge in [0.2, 0.25) is 5.91 Å². The minimum atomic E-state index is -0.521. The van der Waals surface area contributed by atoms with Gasteiger partial charge in [0, 0.05) is 13.1 Å². The van der Waals surface area contributed by atoms with E-state index in [1.807, 2.05) is 41.8 Å². The molecule has 0 bridgehead atoms. The lowest BCUT2D eigenvalue weighted by molar-refractivity contribution is -0.126. The van der Waals surface area contributed by atoms with Crippen molar-refractivity contribution >= 4 is 5.91 Å². The summed E-state index contributed by atoms with van der Waals surface area (Å²) in [6.45, 7) is 9.27. The fraction of sp³-hybridized carbons (Fsp3) is 0.818. The molecule has 0 aliphatic carbocycles. The highest BCUT2D eigenvalue weighted by atomic mass is 16.2. The third-order valence-electron chi connectivity index (χ3n) is 2.06. The molecule has 0 unspecified atom stereocenters. The van der Waals surface area contributed by atoms with Crippen LogP contribution in [0.15, 0.2) is 0 Å². The van der Waals surface area contributed by atoms with E-state index in [0.29, 0.717) is 0 Å². The molecule has 15 heavy (non-hydrogen) atoms. The molecule has 89 valence electrons. The van der Waals surface area contributed by atoms with Crippen molar-refractivity contribution in [1.82, 2.24) is 15.5 Å². The number of carbonyl (C=O) groups excluding carboxylic acids is 1. The number of rotatable bonds is 6. The lowest BCUT2D eigenvalue weighted by Gasteiger charge is -2.26. The van der Waals surface area contributed by atoms with Crippen LogP contribution in [0.2, 0.25) is 0 Å². The third kappa shape index (κ3) is 6.47. The van der Waals surface area contributed by atoms with Crippen LogP contribution in [0.4, 0.5) is 0 Å². The monoisotopic (exact) mass is 214 g/mol. The average molecular weight is 214 g/mol. The standard InChI is InChI=1S/C11H24N3O/c1-9(2)13-10(15)11(3,4)12-7-8-14(5)6/h12H,7-8H2,1-6H3,(H,13,15). The number of carbonyl (C=O) groups is 1. The Morgan fingerprint density at radius 2 is 1.80 bits per heavy atom. The van der Waals surface area contributed by atoms with Crippen LogP contribution in [0.3, 0.4) is 0 Å². The first-order valence-corrected chi connectivity index (χ1v) is 5.27. The van der Waals surface area contributed by atoms with Gasteiger partial charge in [-0.25, -0.2) is 0 Å². The van der Waals surface area contributed by atoms with Crippen molar-refractivity contribution in [3.05, 3.63) is 6.04 Å². The van der Waals surface area contributed by atoms with E-state index in [4.69, 9.17) is 0 Å². The summed E-state index contributed by atoms with van der Waals surface area (Å²) in [5, 5.41) is 6.05. The molecule has 0 atom stereocenters. The molecule has 0 aromatic heterocycles. The first-order chi connectivity index (χ1) is 6.75. The molecule has 0 aromatic rings. The molecule has 0 aromatic carbocycles. The summed E-state index contributed by atoms with van der Waals surface area (Å²) in [7, 11) is 4.03. The summed E-state index contributed by atoms with van der Waals surface area (Å²) in [5.74, 6) is 0.0151. The Labute approximate surface area is 93.4 Å². The lowest BCUT2D eigenvalue weighted by atomic mass is 10.0. The largest absolute Gasteiger partial charge is 0.347 e. The Hall–Kier alpha value is -0.610. The van der Waals surface area contributed by atoms with E-state index in [1.165, 1.54) is 0 Å². The van der Waals surface area contributed by atoms with Crippen molar-refractivity contribution in [2.45, 2.75) is 33.2 Å². The predicted octanol–water partition coefficient (Wildman–Crippen LogP) is 0.604. The number of nitrogens with zero attached hydrogens (tertiary/aromatic N) is 1. The molecule has 0 saturated heterocycles. The molecule has 0 aliphatic heterocycles. The van der Waals surface area contributed by atoms with Gasteiger partial charge >= 0.3 is 0 Å². The molecular formula is C11H24N3O. The lowest BCUT2D eigenvalue weighted by Crippen LogP contribution is -2.54. The van der Waals surface area contributed by atoms with Gasteiger partial charge < -0.3 is 15.5 Å². The van der Waals surface area contributed by atoms with E-state index in [-0.39, 0.29) is 5.91 Å². The van der Waals surface area contributed by atoms with E-state index in [0.717, 1.165) is 19.1 Å². The maximum absolute atomic E-state index is 11.7. The fourth-order valence-corrected chi connectivity index (χ4v) is 1.06. The van der Waals surface area contributed by atoms with E-state index in [1.54, 1.807) is 0 Å². The van der Waals surface area contributed by atoms with Gasteiger partial charge in [0.25, 0.3) is 0 Å². The smallest absolute Gasteiger partial charge is 0.240 e. The molecule has 4 nitrogen and oxygen atoms in total. The second-order valence-corrected chi connectivity index (χ2v) is 4.81. The summed E-state index contributed by atoms with van der Waals surface area (Å²) in [6, 6.07) is 0.919. The van der Waals surface area contributed by atoms with Crippen molar-refractivity contribution < 1.29 is 4.79 Å². The number of hydrogen-bond donors (Lipinski definition) is 2. The second-order valence-electron chi connectivity index (χ2n) is 4.81. The molecule has 0 heterocycles. The van der Waals surface area contributed by atoms with Crippen LogP contribution in [-0.4, -0.2) is 43.5 Å². The number of hydrogen-bond acceptors (Lipinski definition) is 3. The quantitative estimate of drug-likeness (QED) is 0.681. The minimum Gasteiger partial charge on any atom is -0.347 e. The van der Waals surface area contributed by atoms with Crippen LogP contribution < -0.4 is 10.6 Å². The van der Waals surface area contributed by atoms with E-state index >= 15 is 0 Å². The van der Waals surface area contributed by atoms with Crippen LogP contribution in [0.25, 0.3) is 0 Å². The molecular weight excluding hydrogens is 190 g/mol. The molecule has 0 fully saturated rings. The highest BCUT2D eigenvalue weighted by Gasteiger charge is 2.26. The first kappa shape index (κ1) is 14.4. The van der Waals surface area contributed by atoms with E-state index in [9.17, 15) is 4.79 Å². The molecule has 0 saturated carbocycles. The number of amides is 1. The Morgan fingerprint density at radius 3 is 2.20 bits per heavy atom. The predicted molar refractivity (Wildman–Crippen MR) is 63.4 cm³/mol. The van der Waals surface area contributed by atoms with E-state index < -0.39 is 5.54 Å². The molecule has 4 heteroatoms. The van der Waals surface area contributed by atoms with Gasteiger partial charge in [0.05, 0.1) is 11.6 Å². The topological polar surface area (TPSA) is 44.4 Å². The van der Waals surface area contributed by atoms with Gasteiger partial charge in [0.1, 0.15) is 0 Å². The van der Waals surface area contributed by atoms with Gasteiger partial charge in [-0.2, -0.15) is 0 Å². The van der Waals surface area contributed by atoms with Gasteiger partial charge in [-0.15, -0.1) is 0 Å². The first-order valence-electron chi connectivity index (χ1n) is 5.27. The van der Waals surface area contributed by atoms with E-state index in [2.05, 4.69) is 15.5 Å². The van der Waals surface area contributed by atoms with Crippen LogP contribution >= 0.6 is 0 Å². The molecule has 0 aliphatic rings. The second kappa shape index (κ2) is 6.08. The van der Waals surface area contributed by atoms with Crippen LogP contribution in [0.5, 0.6) is 0 Å². The summed E-state index contributed by atoms with van der Waals surface area (Å²) < 4.78 is 0. The van der Waals surface area contributed by atoms with Crippen LogP contribution in [-0.2, 0) is 4.79 Å². The SMILES string of the molecule is C[C](C)NC(=O)C(C)(C)NCCN(C)C. The molecule has 0 spiro atoms. The molecule has 1 radical (unpaired) electrons.